The van der Waals surface area contributed by atoms with E-state index >= 15 is 0 Å². The number of carbonyl (C=O) groups excluding carboxylic acids is 4. The molecule has 1 fully saturated rings. The zero-order chi connectivity index (χ0) is 22.8. The van der Waals surface area contributed by atoms with Gasteiger partial charge in [-0.25, -0.2) is 9.59 Å². The van der Waals surface area contributed by atoms with Crippen LogP contribution in [0.15, 0.2) is 57.7 Å². The van der Waals surface area contributed by atoms with E-state index in [2.05, 4.69) is 5.32 Å². The summed E-state index contributed by atoms with van der Waals surface area (Å²) >= 11 is 0. The van der Waals surface area contributed by atoms with Crippen molar-refractivity contribution >= 4 is 46.0 Å². The van der Waals surface area contributed by atoms with Crippen molar-refractivity contribution in [1.29, 1.82) is 0 Å². The van der Waals surface area contributed by atoms with Crippen molar-refractivity contribution in [3.8, 4) is 0 Å². The Bertz CT molecular complexity index is 1310. The van der Waals surface area contributed by atoms with E-state index in [-0.39, 0.29) is 48.3 Å². The lowest BCUT2D eigenvalue weighted by atomic mass is 10.1. The van der Waals surface area contributed by atoms with Gasteiger partial charge >= 0.3 is 11.6 Å². The minimum absolute atomic E-state index is 0.140. The zero-order valence-corrected chi connectivity index (χ0v) is 17.0. The molecule has 1 aliphatic heterocycles. The van der Waals surface area contributed by atoms with Crippen molar-refractivity contribution in [3.63, 3.8) is 0 Å². The first-order valence-electron chi connectivity index (χ1n) is 9.79. The normalized spacial score (nSPS) is 13.5. The van der Waals surface area contributed by atoms with E-state index in [1.165, 1.54) is 31.2 Å². The molecular formula is C23H18N2O7. The van der Waals surface area contributed by atoms with E-state index < -0.39 is 11.6 Å². The Kier molecular flexibility index (Phi) is 5.55. The maximum absolute atomic E-state index is 12.6. The number of amides is 3. The van der Waals surface area contributed by atoms with Crippen molar-refractivity contribution in [2.24, 2.45) is 0 Å². The van der Waals surface area contributed by atoms with Crippen molar-refractivity contribution in [2.75, 3.05) is 10.2 Å². The molecular weight excluding hydrogens is 416 g/mol. The molecule has 0 saturated carbocycles. The van der Waals surface area contributed by atoms with Crippen LogP contribution in [0.25, 0.3) is 11.0 Å². The van der Waals surface area contributed by atoms with Crippen LogP contribution in [0.1, 0.15) is 35.7 Å². The van der Waals surface area contributed by atoms with Crippen LogP contribution in [0.3, 0.4) is 0 Å². The highest BCUT2D eigenvalue weighted by molar-refractivity contribution is 6.20. The number of fused-ring (bicyclic) bond motifs is 1. The molecule has 0 aliphatic carbocycles. The molecule has 0 bridgehead atoms. The highest BCUT2D eigenvalue weighted by Crippen LogP contribution is 2.25. The van der Waals surface area contributed by atoms with E-state index in [0.717, 1.165) is 4.90 Å². The minimum Gasteiger partial charge on any atom is -0.457 e. The average Bonchev–Trinajstić information content (AvgIpc) is 3.09. The molecule has 3 amide bonds. The standard InChI is InChI=1S/C23H18N2O7/c1-13(26)24-16-5-6-18-15(10-22(29)32-19(18)11-16)12-31-23(30)14-3-2-4-17(9-14)25-20(27)7-8-21(25)28/h2-6,9-11H,7-8,12H2,1H3,(H,24,26). The van der Waals surface area contributed by atoms with Crippen LogP contribution in [0.2, 0.25) is 0 Å². The summed E-state index contributed by atoms with van der Waals surface area (Å²) in [5.41, 5.74) is 0.975. The van der Waals surface area contributed by atoms with Crippen LogP contribution < -0.4 is 15.8 Å². The Hall–Kier alpha value is -4.27. The van der Waals surface area contributed by atoms with E-state index in [9.17, 15) is 24.0 Å². The fraction of sp³-hybridized carbons (Fsp3) is 0.174. The van der Waals surface area contributed by atoms with Crippen LogP contribution >= 0.6 is 0 Å². The fourth-order valence-electron chi connectivity index (χ4n) is 3.49. The molecule has 1 aromatic heterocycles. The van der Waals surface area contributed by atoms with Crippen LogP contribution in [-0.2, 0) is 25.7 Å². The summed E-state index contributed by atoms with van der Waals surface area (Å²) in [4.78, 5) is 60.7. The molecule has 9 nitrogen and oxygen atoms in total. The number of hydrogen-bond donors (Lipinski definition) is 1. The van der Waals surface area contributed by atoms with Crippen LogP contribution in [0.4, 0.5) is 11.4 Å². The fourth-order valence-corrected chi connectivity index (χ4v) is 3.49. The second kappa shape index (κ2) is 8.46. The SMILES string of the molecule is CC(=O)Nc1ccc2c(COC(=O)c3cccc(N4C(=O)CCC4=O)c3)cc(=O)oc2c1. The molecule has 0 unspecified atom stereocenters. The number of hydrogen-bond acceptors (Lipinski definition) is 7. The molecule has 1 N–H and O–H groups in total. The van der Waals surface area contributed by atoms with Gasteiger partial charge in [0.15, 0.2) is 0 Å². The second-order valence-corrected chi connectivity index (χ2v) is 7.23. The minimum atomic E-state index is -0.679. The quantitative estimate of drug-likeness (QED) is 0.372. The van der Waals surface area contributed by atoms with Gasteiger partial charge in [-0.05, 0) is 30.3 Å². The zero-order valence-electron chi connectivity index (χ0n) is 17.0. The van der Waals surface area contributed by atoms with Gasteiger partial charge < -0.3 is 14.5 Å². The molecule has 2 aromatic carbocycles. The number of carbonyl (C=O) groups is 4. The predicted octanol–water partition coefficient (Wildman–Crippen LogP) is 2.76. The third-order valence-electron chi connectivity index (χ3n) is 4.90. The summed E-state index contributed by atoms with van der Waals surface area (Å²) in [6.07, 6.45) is 0.279. The summed E-state index contributed by atoms with van der Waals surface area (Å²) in [7, 11) is 0. The molecule has 0 spiro atoms. The Morgan fingerprint density at radius 1 is 1.03 bits per heavy atom. The number of nitrogens with zero attached hydrogens (tertiary/aromatic N) is 1. The molecule has 162 valence electrons. The average molecular weight is 434 g/mol. The van der Waals surface area contributed by atoms with E-state index in [1.807, 2.05) is 0 Å². The Morgan fingerprint density at radius 3 is 2.50 bits per heavy atom. The van der Waals surface area contributed by atoms with Crippen LogP contribution in [0, 0.1) is 0 Å². The summed E-state index contributed by atoms with van der Waals surface area (Å²) in [6, 6.07) is 12.1. The van der Waals surface area contributed by atoms with E-state index in [4.69, 9.17) is 9.15 Å². The summed E-state index contributed by atoms with van der Waals surface area (Å²) in [5.74, 6) is -1.58. The van der Waals surface area contributed by atoms with Crippen molar-refractivity contribution in [2.45, 2.75) is 26.4 Å². The summed E-state index contributed by atoms with van der Waals surface area (Å²) in [5, 5.41) is 3.15. The molecule has 32 heavy (non-hydrogen) atoms. The lowest BCUT2D eigenvalue weighted by molar-refractivity contribution is -0.121. The van der Waals surface area contributed by atoms with Gasteiger partial charge in [-0.1, -0.05) is 6.07 Å². The number of anilines is 2. The first-order chi connectivity index (χ1) is 15.3. The molecule has 1 saturated heterocycles. The lowest BCUT2D eigenvalue weighted by Crippen LogP contribution is -2.28. The number of imide groups is 1. The number of rotatable bonds is 5. The third-order valence-corrected chi connectivity index (χ3v) is 4.90. The topological polar surface area (TPSA) is 123 Å². The number of esters is 1. The maximum atomic E-state index is 12.6. The summed E-state index contributed by atoms with van der Waals surface area (Å²) < 4.78 is 10.6. The van der Waals surface area contributed by atoms with Gasteiger partial charge in [0.25, 0.3) is 0 Å². The highest BCUT2D eigenvalue weighted by Gasteiger charge is 2.30. The predicted molar refractivity (Wildman–Crippen MR) is 114 cm³/mol. The first kappa shape index (κ1) is 21.0. The Labute approximate surface area is 181 Å². The van der Waals surface area contributed by atoms with Gasteiger partial charge in [-0.2, -0.15) is 0 Å². The summed E-state index contributed by atoms with van der Waals surface area (Å²) in [6.45, 7) is 1.16. The Morgan fingerprint density at radius 2 is 1.78 bits per heavy atom. The largest absolute Gasteiger partial charge is 0.457 e. The van der Waals surface area contributed by atoms with Crippen molar-refractivity contribution in [3.05, 3.63) is 70.1 Å². The van der Waals surface area contributed by atoms with Gasteiger partial charge in [0.05, 0.1) is 11.3 Å². The molecule has 0 atom stereocenters. The van der Waals surface area contributed by atoms with Gasteiger partial charge in [0.2, 0.25) is 17.7 Å². The Balaban J connectivity index is 1.55. The van der Waals surface area contributed by atoms with Gasteiger partial charge in [-0.3, -0.25) is 19.3 Å². The van der Waals surface area contributed by atoms with Gasteiger partial charge in [0, 0.05) is 48.5 Å². The molecule has 1 aliphatic rings. The van der Waals surface area contributed by atoms with Crippen molar-refractivity contribution in [1.82, 2.24) is 0 Å². The first-order valence-corrected chi connectivity index (χ1v) is 9.79. The molecule has 2 heterocycles. The molecule has 4 rings (SSSR count). The molecule has 3 aromatic rings. The molecule has 9 heteroatoms. The maximum Gasteiger partial charge on any atom is 0.338 e. The number of benzene rings is 2. The van der Waals surface area contributed by atoms with Crippen LogP contribution in [-0.4, -0.2) is 23.7 Å². The van der Waals surface area contributed by atoms with Gasteiger partial charge in [0.1, 0.15) is 12.2 Å². The van der Waals surface area contributed by atoms with E-state index in [0.29, 0.717) is 22.3 Å². The van der Waals surface area contributed by atoms with Crippen molar-refractivity contribution < 1.29 is 28.3 Å². The molecule has 0 radical (unpaired) electrons. The monoisotopic (exact) mass is 434 g/mol. The van der Waals surface area contributed by atoms with E-state index in [1.54, 1.807) is 24.3 Å². The second-order valence-electron chi connectivity index (χ2n) is 7.23. The van der Waals surface area contributed by atoms with Crippen LogP contribution in [0.5, 0.6) is 0 Å². The highest BCUT2D eigenvalue weighted by atomic mass is 16.5. The number of nitrogens with one attached hydrogen (secondary N) is 1. The lowest BCUT2D eigenvalue weighted by Gasteiger charge is -2.14. The number of ether oxygens (including phenoxy) is 1. The smallest absolute Gasteiger partial charge is 0.338 e. The third kappa shape index (κ3) is 4.27. The van der Waals surface area contributed by atoms with Gasteiger partial charge in [-0.15, -0.1) is 0 Å².